The summed E-state index contributed by atoms with van der Waals surface area (Å²) in [5, 5.41) is 0. The Labute approximate surface area is 163 Å². The lowest BCUT2D eigenvalue weighted by Crippen LogP contribution is -2.27. The van der Waals surface area contributed by atoms with Gasteiger partial charge >= 0.3 is 0 Å². The van der Waals surface area contributed by atoms with Gasteiger partial charge in [-0.05, 0) is 42.7 Å². The van der Waals surface area contributed by atoms with Gasteiger partial charge in [-0.25, -0.2) is 22.8 Å². The van der Waals surface area contributed by atoms with Crippen LogP contribution in [0, 0.1) is 5.82 Å². The lowest BCUT2D eigenvalue weighted by molar-refractivity contribution is 0.301. The van der Waals surface area contributed by atoms with E-state index in [2.05, 4.69) is 9.98 Å². The molecule has 1 aliphatic carbocycles. The van der Waals surface area contributed by atoms with Crippen LogP contribution in [0.4, 0.5) is 10.1 Å². The molecular weight excluding hydrogens is 381 g/mol. The molecule has 1 aliphatic heterocycles. The number of hydrogen-bond donors (Lipinski definition) is 0. The first-order valence-electron chi connectivity index (χ1n) is 8.96. The number of nitrogens with zero attached hydrogens (tertiary/aromatic N) is 3. The van der Waals surface area contributed by atoms with Gasteiger partial charge in [0.25, 0.3) is 0 Å². The Morgan fingerprint density at radius 3 is 2.71 bits per heavy atom. The van der Waals surface area contributed by atoms with Crippen LogP contribution >= 0.6 is 0 Å². The molecule has 0 radical (unpaired) electrons. The highest BCUT2D eigenvalue weighted by atomic mass is 32.2. The third kappa shape index (κ3) is 4.56. The molecule has 0 bridgehead atoms. The largest absolute Gasteiger partial charge is 0.490 e. The fourth-order valence-corrected chi connectivity index (χ4v) is 3.70. The molecule has 0 N–H and O–H groups in total. The smallest absolute Gasteiger partial charge is 0.161 e. The van der Waals surface area contributed by atoms with Crippen molar-refractivity contribution < 1.29 is 17.5 Å². The quantitative estimate of drug-likeness (QED) is 0.745. The highest BCUT2D eigenvalue weighted by Gasteiger charge is 2.26. The summed E-state index contributed by atoms with van der Waals surface area (Å²) >= 11 is 0. The van der Waals surface area contributed by atoms with Crippen molar-refractivity contribution in [2.75, 3.05) is 17.8 Å². The summed E-state index contributed by atoms with van der Waals surface area (Å²) in [4.78, 5) is 10.7. The Morgan fingerprint density at radius 1 is 1.21 bits per heavy atom. The molecule has 0 aromatic heterocycles. The van der Waals surface area contributed by atoms with Gasteiger partial charge in [0.2, 0.25) is 0 Å². The van der Waals surface area contributed by atoms with Crippen LogP contribution in [0.5, 0.6) is 5.75 Å². The van der Waals surface area contributed by atoms with Crippen molar-refractivity contribution >= 4 is 27.7 Å². The minimum atomic E-state index is -3.11. The molecule has 1 heterocycles. The Balaban J connectivity index is 1.53. The van der Waals surface area contributed by atoms with E-state index in [4.69, 9.17) is 4.74 Å². The molecule has 2 aromatic rings. The number of benzene rings is 2. The summed E-state index contributed by atoms with van der Waals surface area (Å²) in [6.07, 6.45) is 4.95. The minimum absolute atomic E-state index is 0.0161. The van der Waals surface area contributed by atoms with Crippen LogP contribution in [0.15, 0.2) is 52.4 Å². The summed E-state index contributed by atoms with van der Waals surface area (Å²) in [7, 11) is -3.11. The summed E-state index contributed by atoms with van der Waals surface area (Å²) in [5.41, 5.74) is 2.18. The molecule has 0 saturated heterocycles. The molecule has 1 fully saturated rings. The van der Waals surface area contributed by atoms with Crippen LogP contribution in [-0.2, 0) is 15.6 Å². The van der Waals surface area contributed by atoms with E-state index in [-0.39, 0.29) is 17.7 Å². The van der Waals surface area contributed by atoms with Gasteiger partial charge in [0, 0.05) is 18.0 Å². The van der Waals surface area contributed by atoms with E-state index in [1.165, 1.54) is 18.4 Å². The van der Waals surface area contributed by atoms with E-state index in [1.54, 1.807) is 18.5 Å². The third-order valence-corrected chi connectivity index (χ3v) is 5.22. The zero-order valence-corrected chi connectivity index (χ0v) is 16.2. The molecule has 0 spiro atoms. The maximum Gasteiger partial charge on any atom is 0.161 e. The molecular formula is C20H20FN3O3S. The van der Waals surface area contributed by atoms with Gasteiger partial charge in [-0.15, -0.1) is 0 Å². The Morgan fingerprint density at radius 2 is 2.04 bits per heavy atom. The fourth-order valence-electron chi connectivity index (χ4n) is 2.92. The van der Waals surface area contributed by atoms with E-state index >= 15 is 0 Å². The minimum Gasteiger partial charge on any atom is -0.490 e. The summed E-state index contributed by atoms with van der Waals surface area (Å²) in [5.74, 6) is 0.572. The van der Waals surface area contributed by atoms with Gasteiger partial charge in [-0.3, -0.25) is 0 Å². The highest BCUT2D eigenvalue weighted by molar-refractivity contribution is 7.89. The average molecular weight is 401 g/mol. The number of sulfone groups is 1. The van der Waals surface area contributed by atoms with Crippen LogP contribution in [0.1, 0.15) is 24.0 Å². The maximum absolute atomic E-state index is 13.6. The molecule has 8 heteroatoms. The van der Waals surface area contributed by atoms with Gasteiger partial charge in [0.05, 0.1) is 23.8 Å². The van der Waals surface area contributed by atoms with Crippen molar-refractivity contribution in [1.82, 2.24) is 0 Å². The van der Waals surface area contributed by atoms with Crippen molar-refractivity contribution in [1.29, 1.82) is 0 Å². The van der Waals surface area contributed by atoms with Crippen LogP contribution in [-0.4, -0.2) is 39.6 Å². The van der Waals surface area contributed by atoms with Gasteiger partial charge in [0.1, 0.15) is 18.2 Å². The van der Waals surface area contributed by atoms with Crippen LogP contribution in [0.25, 0.3) is 0 Å². The molecule has 2 aliphatic rings. The highest BCUT2D eigenvalue weighted by Crippen LogP contribution is 2.31. The van der Waals surface area contributed by atoms with Crippen molar-refractivity contribution in [3.05, 3.63) is 59.4 Å². The number of aliphatic imine (C=N–C) groups is 2. The van der Waals surface area contributed by atoms with E-state index in [0.29, 0.717) is 29.4 Å². The second-order valence-electron chi connectivity index (χ2n) is 7.04. The second-order valence-corrected chi connectivity index (χ2v) is 9.18. The molecule has 0 amide bonds. The summed E-state index contributed by atoms with van der Waals surface area (Å²) in [6, 6.07) is 11.6. The predicted molar refractivity (Wildman–Crippen MR) is 107 cm³/mol. The van der Waals surface area contributed by atoms with E-state index in [0.717, 1.165) is 18.5 Å². The van der Waals surface area contributed by atoms with Crippen LogP contribution < -0.4 is 9.64 Å². The van der Waals surface area contributed by atoms with Gasteiger partial charge in [0.15, 0.2) is 15.7 Å². The van der Waals surface area contributed by atoms with Crippen LogP contribution in [0.3, 0.4) is 0 Å². The van der Waals surface area contributed by atoms with E-state index < -0.39 is 9.84 Å². The van der Waals surface area contributed by atoms with Crippen molar-refractivity contribution in [2.24, 2.45) is 9.98 Å². The normalized spacial score (nSPS) is 16.8. The third-order valence-electron chi connectivity index (χ3n) is 4.37. The van der Waals surface area contributed by atoms with Crippen LogP contribution in [0.2, 0.25) is 0 Å². The van der Waals surface area contributed by atoms with E-state index in [9.17, 15) is 12.8 Å². The fraction of sp³-hybridized carbons (Fsp3) is 0.300. The molecule has 28 heavy (non-hydrogen) atoms. The lowest BCUT2D eigenvalue weighted by Gasteiger charge is -2.22. The molecule has 2 aromatic carbocycles. The predicted octanol–water partition coefficient (Wildman–Crippen LogP) is 3.16. The van der Waals surface area contributed by atoms with Crippen molar-refractivity contribution in [3.8, 4) is 5.75 Å². The second kappa shape index (κ2) is 7.35. The molecule has 6 nitrogen and oxygen atoms in total. The summed E-state index contributed by atoms with van der Waals surface area (Å²) in [6.45, 7) is 0.321. The Hall–Kier alpha value is -2.74. The number of anilines is 1. The molecule has 4 rings (SSSR count). The lowest BCUT2D eigenvalue weighted by atomic mass is 10.1. The first kappa shape index (κ1) is 18.6. The van der Waals surface area contributed by atoms with Gasteiger partial charge in [-0.2, -0.15) is 0 Å². The summed E-state index contributed by atoms with van der Waals surface area (Å²) < 4.78 is 42.5. The van der Waals surface area contributed by atoms with Crippen molar-refractivity contribution in [2.45, 2.75) is 24.7 Å². The topological polar surface area (TPSA) is 71.3 Å². The van der Waals surface area contributed by atoms with Gasteiger partial charge in [-0.1, -0.05) is 12.1 Å². The van der Waals surface area contributed by atoms with Crippen molar-refractivity contribution in [3.63, 3.8) is 0 Å². The first-order valence-corrected chi connectivity index (χ1v) is 11.0. The average Bonchev–Trinajstić information content (AvgIpc) is 3.45. The number of amidine groups is 1. The standard InChI is InChI=1S/C20H20FN3O3S/c1-28(25,26)11-14-3-2-4-16(9-14)24-12-22-20(23-13-24)18-8-5-15(21)10-19(18)27-17-6-7-17/h2-5,8-10,12,17H,6-7,11,13H2,1H3. The zero-order chi connectivity index (χ0) is 19.7. The maximum atomic E-state index is 13.6. The Bertz CT molecular complexity index is 1060. The monoisotopic (exact) mass is 401 g/mol. The number of rotatable bonds is 6. The first-order chi connectivity index (χ1) is 13.4. The number of ether oxygens (including phenoxy) is 1. The SMILES string of the molecule is CS(=O)(=O)Cc1cccc(N2C=NC(c3ccc(F)cc3OC3CC3)=NC2)c1. The van der Waals surface area contributed by atoms with E-state index in [1.807, 2.05) is 23.1 Å². The molecule has 0 atom stereocenters. The van der Waals surface area contributed by atoms with Gasteiger partial charge < -0.3 is 9.64 Å². The number of halogens is 1. The Kier molecular flexibility index (Phi) is 4.89. The molecule has 0 unspecified atom stereocenters. The number of hydrogen-bond acceptors (Lipinski definition) is 6. The molecule has 1 saturated carbocycles. The zero-order valence-electron chi connectivity index (χ0n) is 15.4. The molecule has 146 valence electrons.